The molecule has 0 aliphatic rings. The second kappa shape index (κ2) is 8.32. The highest BCUT2D eigenvalue weighted by molar-refractivity contribution is 5.77. The van der Waals surface area contributed by atoms with Crippen LogP contribution in [0.25, 0.3) is 12.2 Å². The Bertz CT molecular complexity index is 678. The average molecular weight is 288 g/mol. The molecule has 0 unspecified atom stereocenters. The zero-order chi connectivity index (χ0) is 15.6. The normalized spacial score (nSPS) is 10.0. The van der Waals surface area contributed by atoms with E-state index in [-0.39, 0.29) is 0 Å². The highest BCUT2D eigenvalue weighted by atomic mass is 14.6. The maximum atomic E-state index is 5.85. The summed E-state index contributed by atoms with van der Waals surface area (Å²) in [5.74, 6) is 0. The minimum absolute atomic E-state index is 0.689. The molecule has 0 saturated heterocycles. The van der Waals surface area contributed by atoms with Gasteiger partial charge in [0.25, 0.3) is 0 Å². The van der Waals surface area contributed by atoms with Gasteiger partial charge in [-0.05, 0) is 23.3 Å². The molecule has 0 fully saturated rings. The minimum atomic E-state index is 0.689. The first-order chi connectivity index (χ1) is 10.8. The van der Waals surface area contributed by atoms with Gasteiger partial charge in [0.1, 0.15) is 0 Å². The van der Waals surface area contributed by atoms with Crippen molar-refractivity contribution in [1.82, 2.24) is 0 Å². The molecular weight excluding hydrogens is 268 g/mol. The summed E-state index contributed by atoms with van der Waals surface area (Å²) in [5, 5.41) is 0. The number of anilines is 2. The van der Waals surface area contributed by atoms with Gasteiger partial charge in [0.2, 0.25) is 0 Å². The summed E-state index contributed by atoms with van der Waals surface area (Å²) in [6, 6.07) is 27.6. The van der Waals surface area contributed by atoms with E-state index in [9.17, 15) is 0 Å². The molecule has 0 bridgehead atoms. The Balaban J connectivity index is 0.000000246. The zero-order valence-corrected chi connectivity index (χ0v) is 12.4. The lowest BCUT2D eigenvalue weighted by molar-refractivity contribution is 1.62. The first-order valence-electron chi connectivity index (χ1n) is 7.14. The molecule has 0 radical (unpaired) electrons. The second-order valence-electron chi connectivity index (χ2n) is 4.79. The van der Waals surface area contributed by atoms with Gasteiger partial charge in [0.05, 0.1) is 0 Å². The molecule has 0 aliphatic heterocycles. The van der Waals surface area contributed by atoms with Crippen LogP contribution in [-0.2, 0) is 0 Å². The zero-order valence-electron chi connectivity index (χ0n) is 12.4. The molecule has 0 saturated carbocycles. The fourth-order valence-corrected chi connectivity index (χ4v) is 1.88. The molecule has 3 aromatic carbocycles. The third-order valence-corrected chi connectivity index (χ3v) is 3.03. The van der Waals surface area contributed by atoms with E-state index in [1.54, 1.807) is 6.07 Å². The number of hydrogen-bond acceptors (Lipinski definition) is 2. The molecular formula is C20H20N2. The third kappa shape index (κ3) is 5.17. The quantitative estimate of drug-likeness (QED) is 0.530. The molecule has 0 amide bonds. The van der Waals surface area contributed by atoms with Crippen LogP contribution in [0.3, 0.4) is 0 Å². The van der Waals surface area contributed by atoms with E-state index in [0.717, 1.165) is 11.1 Å². The predicted octanol–water partition coefficient (Wildman–Crippen LogP) is 4.71. The van der Waals surface area contributed by atoms with Gasteiger partial charge in [0.15, 0.2) is 0 Å². The summed E-state index contributed by atoms with van der Waals surface area (Å²) in [6.45, 7) is 0. The first-order valence-corrected chi connectivity index (χ1v) is 7.14. The van der Waals surface area contributed by atoms with E-state index in [0.29, 0.717) is 11.4 Å². The van der Waals surface area contributed by atoms with Gasteiger partial charge in [-0.1, -0.05) is 84.9 Å². The second-order valence-corrected chi connectivity index (χ2v) is 4.79. The fourth-order valence-electron chi connectivity index (χ4n) is 1.88. The average Bonchev–Trinajstić information content (AvgIpc) is 2.57. The van der Waals surface area contributed by atoms with Crippen molar-refractivity contribution in [1.29, 1.82) is 0 Å². The molecule has 2 heteroatoms. The highest BCUT2D eigenvalue weighted by Crippen LogP contribution is 2.18. The summed E-state index contributed by atoms with van der Waals surface area (Å²) < 4.78 is 0. The largest absolute Gasteiger partial charge is 0.399 e. The molecule has 22 heavy (non-hydrogen) atoms. The molecule has 0 atom stereocenters. The van der Waals surface area contributed by atoms with Crippen LogP contribution in [0.1, 0.15) is 11.1 Å². The number of hydrogen-bond donors (Lipinski definition) is 2. The maximum Gasteiger partial charge on any atom is 0.0408 e. The van der Waals surface area contributed by atoms with E-state index in [4.69, 9.17) is 11.5 Å². The lowest BCUT2D eigenvalue weighted by atomic mass is 10.1. The molecule has 0 heterocycles. The maximum absolute atomic E-state index is 5.85. The van der Waals surface area contributed by atoms with Crippen LogP contribution in [0.4, 0.5) is 11.4 Å². The van der Waals surface area contributed by atoms with Gasteiger partial charge >= 0.3 is 0 Å². The number of nitrogens with two attached hydrogens (primary N) is 2. The van der Waals surface area contributed by atoms with Crippen molar-refractivity contribution in [2.45, 2.75) is 0 Å². The smallest absolute Gasteiger partial charge is 0.0408 e. The molecule has 3 aromatic rings. The predicted molar refractivity (Wildman–Crippen MR) is 97.1 cm³/mol. The molecule has 2 nitrogen and oxygen atoms in total. The van der Waals surface area contributed by atoms with Crippen molar-refractivity contribution in [3.05, 3.63) is 96.1 Å². The Kier molecular flexibility index (Phi) is 5.82. The number of rotatable bonds is 2. The van der Waals surface area contributed by atoms with E-state index >= 15 is 0 Å². The summed E-state index contributed by atoms with van der Waals surface area (Å²) in [4.78, 5) is 0. The molecule has 4 N–H and O–H groups in total. The van der Waals surface area contributed by atoms with Crippen LogP contribution in [0, 0.1) is 0 Å². The lowest BCUT2D eigenvalue weighted by Crippen LogP contribution is -1.92. The summed E-state index contributed by atoms with van der Waals surface area (Å²) in [5.41, 5.74) is 15.0. The molecule has 110 valence electrons. The van der Waals surface area contributed by atoms with E-state index in [2.05, 4.69) is 0 Å². The Hall–Kier alpha value is -3.00. The van der Waals surface area contributed by atoms with Crippen molar-refractivity contribution in [3.8, 4) is 0 Å². The van der Waals surface area contributed by atoms with Crippen LogP contribution < -0.4 is 11.5 Å². The Morgan fingerprint density at radius 2 is 1.14 bits per heavy atom. The Morgan fingerprint density at radius 3 is 1.68 bits per heavy atom. The van der Waals surface area contributed by atoms with Gasteiger partial charge in [-0.15, -0.1) is 0 Å². The minimum Gasteiger partial charge on any atom is -0.399 e. The first kappa shape index (κ1) is 15.4. The Morgan fingerprint density at radius 1 is 0.591 bits per heavy atom. The standard InChI is InChI=1S/C14H14N2.C6H6/c15-13-9-8-12(14(16)10-13)7-6-11-4-2-1-3-5-11;1-2-4-6-5-3-1/h1-10H,15-16H2;1-6H. The summed E-state index contributed by atoms with van der Waals surface area (Å²) in [6.07, 6.45) is 4.02. The van der Waals surface area contributed by atoms with Gasteiger partial charge in [-0.2, -0.15) is 0 Å². The van der Waals surface area contributed by atoms with Crippen molar-refractivity contribution in [2.75, 3.05) is 11.5 Å². The molecule has 0 aromatic heterocycles. The van der Waals surface area contributed by atoms with Gasteiger partial charge in [-0.3, -0.25) is 0 Å². The van der Waals surface area contributed by atoms with Crippen molar-refractivity contribution in [3.63, 3.8) is 0 Å². The lowest BCUT2D eigenvalue weighted by Gasteiger charge is -2.01. The summed E-state index contributed by atoms with van der Waals surface area (Å²) >= 11 is 0. The molecule has 0 aliphatic carbocycles. The third-order valence-electron chi connectivity index (χ3n) is 3.03. The van der Waals surface area contributed by atoms with Crippen LogP contribution in [0.15, 0.2) is 84.9 Å². The van der Waals surface area contributed by atoms with Gasteiger partial charge < -0.3 is 11.5 Å². The van der Waals surface area contributed by atoms with E-state index < -0.39 is 0 Å². The number of benzene rings is 3. The van der Waals surface area contributed by atoms with Gasteiger partial charge in [-0.25, -0.2) is 0 Å². The van der Waals surface area contributed by atoms with Crippen LogP contribution in [-0.4, -0.2) is 0 Å². The SMILES string of the molecule is Nc1ccc(C=Cc2ccccc2)c(N)c1.c1ccccc1. The topological polar surface area (TPSA) is 52.0 Å². The van der Waals surface area contributed by atoms with Crippen molar-refractivity contribution < 1.29 is 0 Å². The fraction of sp³-hybridized carbons (Fsp3) is 0. The van der Waals surface area contributed by atoms with Gasteiger partial charge in [0, 0.05) is 11.4 Å². The van der Waals surface area contributed by atoms with Crippen LogP contribution >= 0.6 is 0 Å². The number of nitrogen functional groups attached to an aromatic ring is 2. The molecule has 0 spiro atoms. The molecule has 3 rings (SSSR count). The van der Waals surface area contributed by atoms with Crippen LogP contribution in [0.5, 0.6) is 0 Å². The van der Waals surface area contributed by atoms with Crippen LogP contribution in [0.2, 0.25) is 0 Å². The van der Waals surface area contributed by atoms with E-state index in [1.165, 1.54) is 0 Å². The Labute approximate surface area is 131 Å². The van der Waals surface area contributed by atoms with E-state index in [1.807, 2.05) is 91.0 Å². The van der Waals surface area contributed by atoms with Crippen molar-refractivity contribution >= 4 is 23.5 Å². The highest BCUT2D eigenvalue weighted by Gasteiger charge is 1.94. The van der Waals surface area contributed by atoms with Crippen molar-refractivity contribution in [2.24, 2.45) is 0 Å². The monoisotopic (exact) mass is 288 g/mol. The summed E-state index contributed by atoms with van der Waals surface area (Å²) in [7, 11) is 0.